The number of carbonyl (C=O) groups is 1. The zero-order valence-electron chi connectivity index (χ0n) is 11.2. The fourth-order valence-electron chi connectivity index (χ4n) is 1.59. The summed E-state index contributed by atoms with van der Waals surface area (Å²) in [6, 6.07) is 9.75. The van der Waals surface area contributed by atoms with E-state index in [-0.39, 0.29) is 36.1 Å². The predicted molar refractivity (Wildman–Crippen MR) is 69.1 cm³/mol. The molecule has 19 heavy (non-hydrogen) atoms. The van der Waals surface area contributed by atoms with Crippen LogP contribution in [0.25, 0.3) is 6.08 Å². The summed E-state index contributed by atoms with van der Waals surface area (Å²) in [7, 11) is 0. The molecule has 0 aromatic heterocycles. The van der Waals surface area contributed by atoms with Crippen molar-refractivity contribution in [1.29, 1.82) is 0 Å². The second-order valence-corrected chi connectivity index (χ2v) is 4.04. The van der Waals surface area contributed by atoms with Gasteiger partial charge in [-0.15, -0.1) is 0 Å². The Hall–Kier alpha value is -0.690. The minimum atomic E-state index is -1.14. The van der Waals surface area contributed by atoms with Crippen molar-refractivity contribution in [1.82, 2.24) is 4.90 Å². The largest absolute Gasteiger partial charge is 1.00 e. The first-order valence-electron chi connectivity index (χ1n) is 5.73. The van der Waals surface area contributed by atoms with Gasteiger partial charge in [-0.25, -0.2) is 0 Å². The molecule has 0 heterocycles. The zero-order chi connectivity index (χ0) is 13.4. The molecular weight excluding hydrogens is 253 g/mol. The maximum absolute atomic E-state index is 10.6. The average Bonchev–Trinajstić information content (AvgIpc) is 2.28. The molecule has 1 aromatic rings. The summed E-state index contributed by atoms with van der Waals surface area (Å²) in [5.41, 5.74) is 12.0. The van der Waals surface area contributed by atoms with Gasteiger partial charge in [0.25, 0.3) is 0 Å². The number of nitrogens with zero attached hydrogens (tertiary/aromatic N) is 1. The molecule has 0 fully saturated rings. The van der Waals surface area contributed by atoms with Crippen molar-refractivity contribution in [2.24, 2.45) is 11.5 Å². The van der Waals surface area contributed by atoms with Gasteiger partial charge in [0.15, 0.2) is 0 Å². The fourth-order valence-corrected chi connectivity index (χ4v) is 1.59. The van der Waals surface area contributed by atoms with Crippen molar-refractivity contribution in [2.75, 3.05) is 19.6 Å². The molecular formula is C13H18N3NaO2. The molecule has 0 saturated heterocycles. The molecule has 98 valence electrons. The molecule has 1 aromatic carbocycles. The van der Waals surface area contributed by atoms with E-state index in [1.54, 1.807) is 4.90 Å². The number of hydrogen-bond donors (Lipinski definition) is 2. The van der Waals surface area contributed by atoms with Crippen molar-refractivity contribution in [3.63, 3.8) is 0 Å². The molecule has 0 aliphatic carbocycles. The first kappa shape index (κ1) is 18.3. The summed E-state index contributed by atoms with van der Waals surface area (Å²) >= 11 is 0. The van der Waals surface area contributed by atoms with Crippen molar-refractivity contribution in [3.05, 3.63) is 42.0 Å². The third-order valence-electron chi connectivity index (χ3n) is 2.30. The molecule has 4 N–H and O–H groups in total. The van der Waals surface area contributed by atoms with Crippen LogP contribution in [0.1, 0.15) is 5.56 Å². The summed E-state index contributed by atoms with van der Waals surface area (Å²) in [5, 5.41) is 10.6. The Bertz CT molecular complexity index is 396. The Morgan fingerprint density at radius 3 is 2.47 bits per heavy atom. The van der Waals surface area contributed by atoms with Crippen LogP contribution < -0.4 is 46.1 Å². The Morgan fingerprint density at radius 2 is 1.95 bits per heavy atom. The van der Waals surface area contributed by atoms with E-state index in [1.165, 1.54) is 0 Å². The predicted octanol–water partition coefficient (Wildman–Crippen LogP) is -4.00. The van der Waals surface area contributed by atoms with Gasteiger partial charge >= 0.3 is 29.6 Å². The van der Waals surface area contributed by atoms with Gasteiger partial charge in [-0.3, -0.25) is 4.90 Å². The Labute approximate surface area is 135 Å². The fraction of sp³-hybridized carbons (Fsp3) is 0.308. The molecule has 0 saturated carbocycles. The van der Waals surface area contributed by atoms with E-state index in [2.05, 4.69) is 0 Å². The van der Waals surface area contributed by atoms with Crippen LogP contribution in [0.3, 0.4) is 0 Å². The first-order valence-corrected chi connectivity index (χ1v) is 5.73. The van der Waals surface area contributed by atoms with E-state index in [9.17, 15) is 9.90 Å². The molecule has 5 nitrogen and oxygen atoms in total. The SMILES string of the molecule is NC(N)CN(CC=Cc1ccccc1)CC(=O)[O-].[Na+]. The summed E-state index contributed by atoms with van der Waals surface area (Å²) in [6.07, 6.45) is 3.24. The Balaban J connectivity index is 0.00000324. The molecule has 0 bridgehead atoms. The van der Waals surface area contributed by atoms with E-state index in [4.69, 9.17) is 11.5 Å². The van der Waals surface area contributed by atoms with E-state index < -0.39 is 12.1 Å². The number of carboxylic acids is 1. The molecule has 0 unspecified atom stereocenters. The molecule has 1 rings (SSSR count). The number of carbonyl (C=O) groups excluding carboxylic acids is 1. The zero-order valence-corrected chi connectivity index (χ0v) is 13.2. The molecule has 6 heteroatoms. The third kappa shape index (κ3) is 8.93. The standard InChI is InChI=1S/C13H19N3O2.Na/c14-12(15)9-16(10-13(17)18)8-4-7-11-5-2-1-3-6-11;/h1-7,12H,8-10,14-15H2,(H,17,18);/q;+1/p-1. The Morgan fingerprint density at radius 1 is 1.32 bits per heavy atom. The number of nitrogens with two attached hydrogens (primary N) is 2. The van der Waals surface area contributed by atoms with Crippen molar-refractivity contribution >= 4 is 12.0 Å². The van der Waals surface area contributed by atoms with Crippen LogP contribution in [0, 0.1) is 0 Å². The molecule has 0 atom stereocenters. The second-order valence-electron chi connectivity index (χ2n) is 4.04. The monoisotopic (exact) mass is 271 g/mol. The van der Waals surface area contributed by atoms with Crippen LogP contribution in [0.15, 0.2) is 36.4 Å². The van der Waals surface area contributed by atoms with Crippen LogP contribution in [-0.4, -0.2) is 36.7 Å². The number of aliphatic carboxylic acids is 1. The Kier molecular flexibility index (Phi) is 9.77. The van der Waals surface area contributed by atoms with E-state index in [0.29, 0.717) is 13.1 Å². The second kappa shape index (κ2) is 10.1. The smallest absolute Gasteiger partial charge is 0.549 e. The van der Waals surface area contributed by atoms with Crippen LogP contribution in [0.5, 0.6) is 0 Å². The van der Waals surface area contributed by atoms with Crippen LogP contribution in [-0.2, 0) is 4.79 Å². The first-order chi connectivity index (χ1) is 8.58. The third-order valence-corrected chi connectivity index (χ3v) is 2.30. The van der Waals surface area contributed by atoms with Gasteiger partial charge in [-0.2, -0.15) is 0 Å². The number of rotatable bonds is 7. The van der Waals surface area contributed by atoms with Gasteiger partial charge in [0.1, 0.15) is 0 Å². The van der Waals surface area contributed by atoms with E-state index in [0.717, 1.165) is 5.56 Å². The minimum Gasteiger partial charge on any atom is -0.549 e. The topological polar surface area (TPSA) is 95.4 Å². The minimum absolute atomic E-state index is 0. The van der Waals surface area contributed by atoms with Crippen LogP contribution in [0.4, 0.5) is 0 Å². The van der Waals surface area contributed by atoms with Gasteiger partial charge < -0.3 is 21.4 Å². The average molecular weight is 271 g/mol. The van der Waals surface area contributed by atoms with Gasteiger partial charge in [0, 0.05) is 19.6 Å². The normalized spacial score (nSPS) is 10.9. The molecule has 0 amide bonds. The van der Waals surface area contributed by atoms with Crippen molar-refractivity contribution in [2.45, 2.75) is 6.17 Å². The van der Waals surface area contributed by atoms with E-state index in [1.807, 2.05) is 42.5 Å². The molecule has 0 aliphatic heterocycles. The molecule has 0 aliphatic rings. The quantitative estimate of drug-likeness (QED) is 0.389. The van der Waals surface area contributed by atoms with Gasteiger partial charge in [0.05, 0.1) is 12.1 Å². The maximum Gasteiger partial charge on any atom is 1.00 e. The van der Waals surface area contributed by atoms with Crippen molar-refractivity contribution in [3.8, 4) is 0 Å². The van der Waals surface area contributed by atoms with Crippen LogP contribution >= 0.6 is 0 Å². The molecule has 0 spiro atoms. The summed E-state index contributed by atoms with van der Waals surface area (Å²) in [4.78, 5) is 12.2. The van der Waals surface area contributed by atoms with Gasteiger partial charge in [-0.1, -0.05) is 42.5 Å². The molecule has 0 radical (unpaired) electrons. The van der Waals surface area contributed by atoms with Gasteiger partial charge in [-0.05, 0) is 5.56 Å². The number of benzene rings is 1. The number of carboxylic acid groups (broad SMARTS) is 1. The van der Waals surface area contributed by atoms with Crippen molar-refractivity contribution < 1.29 is 39.5 Å². The van der Waals surface area contributed by atoms with Gasteiger partial charge in [0.2, 0.25) is 0 Å². The summed E-state index contributed by atoms with van der Waals surface area (Å²) in [6.45, 7) is 0.602. The van der Waals surface area contributed by atoms with Crippen LogP contribution in [0.2, 0.25) is 0 Å². The maximum atomic E-state index is 10.6. The number of hydrogen-bond acceptors (Lipinski definition) is 5. The summed E-state index contributed by atoms with van der Waals surface area (Å²) in [5.74, 6) is -1.14. The summed E-state index contributed by atoms with van der Waals surface area (Å²) < 4.78 is 0. The van der Waals surface area contributed by atoms with E-state index >= 15 is 0 Å².